The monoisotopic (exact) mass is 468 g/mol. The molecule has 2 bridgehead atoms. The average Bonchev–Trinajstić information content (AvgIpc) is 3.33. The molecule has 32 heavy (non-hydrogen) atoms. The van der Waals surface area contributed by atoms with Gasteiger partial charge in [-0.15, -0.1) is 11.3 Å². The minimum atomic E-state index is -2.65. The number of esters is 1. The molecule has 1 N–H and O–H groups in total. The van der Waals surface area contributed by atoms with Crippen molar-refractivity contribution in [3.8, 4) is 0 Å². The van der Waals surface area contributed by atoms with Crippen LogP contribution >= 0.6 is 11.3 Å². The number of thiophene rings is 1. The SMILES string of the molecule is COC(=O)c1csc([C@H](CCN2C3CCC2CC(C)C3)NC(=O)C2CCC(F)(F)CC2)c1. The number of alkyl halides is 2. The molecule has 1 aromatic rings. The van der Waals surface area contributed by atoms with Crippen LogP contribution < -0.4 is 5.32 Å². The number of carbonyl (C=O) groups excluding carboxylic acids is 2. The largest absolute Gasteiger partial charge is 0.465 e. The number of amides is 1. The highest BCUT2D eigenvalue weighted by Gasteiger charge is 2.40. The summed E-state index contributed by atoms with van der Waals surface area (Å²) in [5.41, 5.74) is 0.482. The highest BCUT2D eigenvalue weighted by molar-refractivity contribution is 7.10. The lowest BCUT2D eigenvalue weighted by Gasteiger charge is -2.38. The van der Waals surface area contributed by atoms with Gasteiger partial charge in [0.15, 0.2) is 0 Å². The van der Waals surface area contributed by atoms with Crippen LogP contribution in [0.1, 0.15) is 86.0 Å². The lowest BCUT2D eigenvalue weighted by Crippen LogP contribution is -2.44. The molecule has 2 saturated heterocycles. The molecule has 1 aromatic heterocycles. The van der Waals surface area contributed by atoms with Crippen molar-refractivity contribution in [2.75, 3.05) is 13.7 Å². The number of halogens is 2. The van der Waals surface area contributed by atoms with Crippen LogP contribution in [0.25, 0.3) is 0 Å². The number of piperidine rings is 1. The molecule has 0 radical (unpaired) electrons. The van der Waals surface area contributed by atoms with Crippen LogP contribution in [0.15, 0.2) is 11.4 Å². The Balaban J connectivity index is 1.44. The lowest BCUT2D eigenvalue weighted by molar-refractivity contribution is -0.130. The number of rotatable bonds is 7. The van der Waals surface area contributed by atoms with Crippen LogP contribution in [0.5, 0.6) is 0 Å². The molecule has 0 spiro atoms. The van der Waals surface area contributed by atoms with Crippen LogP contribution in [0.2, 0.25) is 0 Å². The first kappa shape index (κ1) is 23.6. The van der Waals surface area contributed by atoms with Crippen LogP contribution in [0.3, 0.4) is 0 Å². The Morgan fingerprint density at radius 2 is 1.88 bits per heavy atom. The predicted molar refractivity (Wildman–Crippen MR) is 120 cm³/mol. The second-order valence-electron chi connectivity index (χ2n) is 9.91. The van der Waals surface area contributed by atoms with Crippen molar-refractivity contribution in [3.05, 3.63) is 21.9 Å². The van der Waals surface area contributed by atoms with E-state index in [2.05, 4.69) is 17.1 Å². The summed E-state index contributed by atoms with van der Waals surface area (Å²) in [6, 6.07) is 2.81. The Morgan fingerprint density at radius 3 is 2.50 bits per heavy atom. The summed E-state index contributed by atoms with van der Waals surface area (Å²) in [4.78, 5) is 28.4. The van der Waals surface area contributed by atoms with E-state index in [9.17, 15) is 18.4 Å². The summed E-state index contributed by atoms with van der Waals surface area (Å²) in [5, 5.41) is 4.90. The number of hydrogen-bond donors (Lipinski definition) is 1. The van der Waals surface area contributed by atoms with Gasteiger partial charge in [-0.25, -0.2) is 13.6 Å². The van der Waals surface area contributed by atoms with Crippen molar-refractivity contribution in [1.82, 2.24) is 10.2 Å². The van der Waals surface area contributed by atoms with E-state index in [-0.39, 0.29) is 43.6 Å². The Bertz CT molecular complexity index is 806. The maximum Gasteiger partial charge on any atom is 0.338 e. The number of hydrogen-bond acceptors (Lipinski definition) is 5. The fraction of sp³-hybridized carbons (Fsp3) is 0.750. The number of nitrogens with one attached hydrogen (secondary N) is 1. The molecule has 1 aliphatic carbocycles. The van der Waals surface area contributed by atoms with Crippen LogP contribution in [0.4, 0.5) is 8.78 Å². The van der Waals surface area contributed by atoms with Gasteiger partial charge in [-0.05, 0) is 56.9 Å². The Labute approximate surface area is 192 Å². The number of carbonyl (C=O) groups is 2. The third-order valence-electron chi connectivity index (χ3n) is 7.58. The van der Waals surface area contributed by atoms with E-state index in [1.807, 2.05) is 0 Å². The van der Waals surface area contributed by atoms with Crippen molar-refractivity contribution in [1.29, 1.82) is 0 Å². The van der Waals surface area contributed by atoms with E-state index in [0.29, 0.717) is 17.6 Å². The molecule has 0 aromatic carbocycles. The van der Waals surface area contributed by atoms with Gasteiger partial charge in [-0.3, -0.25) is 9.69 Å². The topological polar surface area (TPSA) is 58.6 Å². The zero-order valence-corrected chi connectivity index (χ0v) is 19.8. The minimum absolute atomic E-state index is 0.145. The second kappa shape index (κ2) is 9.75. The molecule has 3 heterocycles. The first-order chi connectivity index (χ1) is 15.3. The van der Waals surface area contributed by atoms with Gasteiger partial charge in [0, 0.05) is 47.6 Å². The van der Waals surface area contributed by atoms with E-state index >= 15 is 0 Å². The van der Waals surface area contributed by atoms with Crippen molar-refractivity contribution in [2.45, 2.75) is 88.8 Å². The van der Waals surface area contributed by atoms with Crippen molar-refractivity contribution in [2.24, 2.45) is 11.8 Å². The number of methoxy groups -OCH3 is 1. The summed E-state index contributed by atoms with van der Waals surface area (Å²) in [5.74, 6) is -2.79. The maximum atomic E-state index is 13.5. The van der Waals surface area contributed by atoms with Crippen molar-refractivity contribution in [3.63, 3.8) is 0 Å². The van der Waals surface area contributed by atoms with Gasteiger partial charge >= 0.3 is 5.97 Å². The molecule has 1 saturated carbocycles. The van der Waals surface area contributed by atoms with E-state index in [1.54, 1.807) is 11.4 Å². The Hall–Kier alpha value is -1.54. The first-order valence-corrected chi connectivity index (χ1v) is 12.7. The Kier molecular flexibility index (Phi) is 7.20. The van der Waals surface area contributed by atoms with Gasteiger partial charge < -0.3 is 10.1 Å². The molecule has 4 rings (SSSR count). The first-order valence-electron chi connectivity index (χ1n) is 11.9. The summed E-state index contributed by atoms with van der Waals surface area (Å²) in [6.07, 6.45) is 5.69. The normalized spacial score (nSPS) is 28.9. The molecular formula is C24H34F2N2O3S. The second-order valence-corrected chi connectivity index (χ2v) is 10.9. The van der Waals surface area contributed by atoms with E-state index in [1.165, 1.54) is 44.1 Å². The molecule has 5 nitrogen and oxygen atoms in total. The maximum absolute atomic E-state index is 13.5. The summed E-state index contributed by atoms with van der Waals surface area (Å²) in [6.45, 7) is 3.22. The molecule has 2 aliphatic heterocycles. The molecule has 3 atom stereocenters. The molecule has 178 valence electrons. The molecule has 3 aliphatic rings. The minimum Gasteiger partial charge on any atom is -0.465 e. The van der Waals surface area contributed by atoms with Gasteiger partial charge in [0.2, 0.25) is 11.8 Å². The third-order valence-corrected chi connectivity index (χ3v) is 8.63. The summed E-state index contributed by atoms with van der Waals surface area (Å²) < 4.78 is 31.9. The summed E-state index contributed by atoms with van der Waals surface area (Å²) >= 11 is 1.44. The van der Waals surface area contributed by atoms with Crippen molar-refractivity contribution >= 4 is 23.2 Å². The molecule has 3 fully saturated rings. The van der Waals surface area contributed by atoms with Gasteiger partial charge in [0.1, 0.15) is 0 Å². The Morgan fingerprint density at radius 1 is 1.22 bits per heavy atom. The zero-order chi connectivity index (χ0) is 22.9. The highest BCUT2D eigenvalue weighted by atomic mass is 32.1. The van der Waals surface area contributed by atoms with Crippen LogP contribution in [-0.4, -0.2) is 48.4 Å². The van der Waals surface area contributed by atoms with Crippen LogP contribution in [0, 0.1) is 11.8 Å². The number of nitrogens with zero attached hydrogens (tertiary/aromatic N) is 1. The highest BCUT2D eigenvalue weighted by Crippen LogP contribution is 2.40. The fourth-order valence-electron chi connectivity index (χ4n) is 5.83. The quantitative estimate of drug-likeness (QED) is 0.561. The molecule has 8 heteroatoms. The zero-order valence-electron chi connectivity index (χ0n) is 18.9. The summed E-state index contributed by atoms with van der Waals surface area (Å²) in [7, 11) is 1.35. The third kappa shape index (κ3) is 5.33. The smallest absolute Gasteiger partial charge is 0.338 e. The number of fused-ring (bicyclic) bond motifs is 2. The number of ether oxygens (including phenoxy) is 1. The predicted octanol–water partition coefficient (Wildman–Crippen LogP) is 5.17. The fourth-order valence-corrected chi connectivity index (χ4v) is 6.79. The van der Waals surface area contributed by atoms with Gasteiger partial charge in [0.25, 0.3) is 0 Å². The van der Waals surface area contributed by atoms with Gasteiger partial charge in [0.05, 0.1) is 18.7 Å². The average molecular weight is 469 g/mol. The van der Waals surface area contributed by atoms with Gasteiger partial charge in [-0.1, -0.05) is 6.92 Å². The van der Waals surface area contributed by atoms with Crippen LogP contribution in [-0.2, 0) is 9.53 Å². The van der Waals surface area contributed by atoms with E-state index < -0.39 is 11.9 Å². The van der Waals surface area contributed by atoms with E-state index in [0.717, 1.165) is 23.8 Å². The molecular weight excluding hydrogens is 434 g/mol. The molecule has 1 amide bonds. The van der Waals surface area contributed by atoms with Crippen molar-refractivity contribution < 1.29 is 23.1 Å². The molecule has 2 unspecified atom stereocenters. The lowest BCUT2D eigenvalue weighted by atomic mass is 9.86. The van der Waals surface area contributed by atoms with E-state index in [4.69, 9.17) is 4.74 Å². The standard InChI is InChI=1S/C24H34F2N2O3S/c1-15-11-18-3-4-19(12-15)28(18)10-7-20(21-13-17(14-32-21)23(30)31-2)27-22(29)16-5-8-24(25,26)9-6-16/h13-16,18-20H,3-12H2,1-2H3,(H,27,29)/t15?,18?,19?,20-/m0/s1. The van der Waals surface area contributed by atoms with Gasteiger partial charge in [-0.2, -0.15) is 0 Å².